The number of nitrogens with zero attached hydrogens (tertiary/aromatic N) is 3. The second kappa shape index (κ2) is 13.5. The van der Waals surface area contributed by atoms with E-state index in [1.807, 2.05) is 0 Å². The molecule has 4 aliphatic rings. The van der Waals surface area contributed by atoms with Gasteiger partial charge in [-0.1, -0.05) is 127 Å². The van der Waals surface area contributed by atoms with Crippen molar-refractivity contribution in [3.8, 4) is 33.4 Å². The Balaban J connectivity index is 0.903. The maximum atomic E-state index is 2.77. The van der Waals surface area contributed by atoms with Crippen molar-refractivity contribution >= 4 is 28.4 Å². The Hall–Kier alpha value is -6.06. The molecule has 0 unspecified atom stereocenters. The van der Waals surface area contributed by atoms with Gasteiger partial charge in [-0.05, 0) is 120 Å². The van der Waals surface area contributed by atoms with Gasteiger partial charge in [0.15, 0.2) is 0 Å². The Kier molecular flexibility index (Phi) is 8.06. The van der Waals surface area contributed by atoms with Gasteiger partial charge in [-0.25, -0.2) is 0 Å². The van der Waals surface area contributed by atoms with Crippen LogP contribution in [0.5, 0.6) is 0 Å². The second-order valence-corrected chi connectivity index (χ2v) is 15.0. The molecule has 258 valence electrons. The second-order valence-electron chi connectivity index (χ2n) is 15.0. The number of hydrogen-bond acceptors (Lipinski definition) is 3. The molecule has 3 heteroatoms. The summed E-state index contributed by atoms with van der Waals surface area (Å²) in [7, 11) is 0. The molecule has 0 amide bonds. The molecule has 4 bridgehead atoms. The van der Waals surface area contributed by atoms with Gasteiger partial charge in [0.05, 0.1) is 0 Å². The molecular weight excluding hydrogens is 643 g/mol. The molecule has 7 aromatic carbocycles. The Morgan fingerprint density at radius 3 is 0.887 bits per heavy atom. The monoisotopic (exact) mass is 685 g/mol. The Morgan fingerprint density at radius 2 is 0.547 bits per heavy atom. The fourth-order valence-corrected chi connectivity index (χ4v) is 9.53. The van der Waals surface area contributed by atoms with E-state index in [9.17, 15) is 0 Å². The highest BCUT2D eigenvalue weighted by Crippen LogP contribution is 2.48. The SMILES string of the molecule is c1ccc(-c2ccc(N(c3ccc(-c4ccccc4)cc3)c3ccc(-c4ccc(N5C6CC7CC5CC(C6)N7c5ccccc5)cc4)cc3)cc2)cc1. The minimum Gasteiger partial charge on any atom is -0.365 e. The predicted molar refractivity (Wildman–Crippen MR) is 222 cm³/mol. The summed E-state index contributed by atoms with van der Waals surface area (Å²) in [6, 6.07) is 71.2. The van der Waals surface area contributed by atoms with Gasteiger partial charge in [0.1, 0.15) is 0 Å². The molecule has 4 saturated heterocycles. The van der Waals surface area contributed by atoms with Crippen molar-refractivity contribution in [3.05, 3.63) is 188 Å². The Morgan fingerprint density at radius 1 is 0.283 bits per heavy atom. The highest BCUT2D eigenvalue weighted by molar-refractivity contribution is 5.81. The van der Waals surface area contributed by atoms with Crippen LogP contribution < -0.4 is 14.7 Å². The number of piperidine rings is 4. The van der Waals surface area contributed by atoms with Gasteiger partial charge in [0.25, 0.3) is 0 Å². The van der Waals surface area contributed by atoms with E-state index < -0.39 is 0 Å². The van der Waals surface area contributed by atoms with Crippen LogP contribution >= 0.6 is 0 Å². The number of rotatable bonds is 8. The summed E-state index contributed by atoms with van der Waals surface area (Å²) < 4.78 is 0. The first-order valence-electron chi connectivity index (χ1n) is 19.2. The van der Waals surface area contributed by atoms with E-state index in [-0.39, 0.29) is 0 Å². The van der Waals surface area contributed by atoms with Crippen LogP contribution in [0.1, 0.15) is 25.7 Å². The minimum absolute atomic E-state index is 0.636. The maximum absolute atomic E-state index is 2.77. The molecule has 4 heterocycles. The van der Waals surface area contributed by atoms with Crippen LogP contribution in [0.3, 0.4) is 0 Å². The molecule has 0 radical (unpaired) electrons. The van der Waals surface area contributed by atoms with Gasteiger partial charge in [-0.15, -0.1) is 0 Å². The van der Waals surface area contributed by atoms with Crippen LogP contribution in [-0.4, -0.2) is 24.2 Å². The van der Waals surface area contributed by atoms with E-state index in [0.29, 0.717) is 24.2 Å². The third kappa shape index (κ3) is 5.97. The van der Waals surface area contributed by atoms with Crippen LogP contribution in [0, 0.1) is 0 Å². The van der Waals surface area contributed by atoms with Crippen molar-refractivity contribution in [1.29, 1.82) is 0 Å². The lowest BCUT2D eigenvalue weighted by Crippen LogP contribution is -2.69. The average molecular weight is 686 g/mol. The molecule has 7 aromatic rings. The zero-order chi connectivity index (χ0) is 35.1. The molecule has 4 fully saturated rings. The van der Waals surface area contributed by atoms with Crippen LogP contribution in [0.15, 0.2) is 188 Å². The van der Waals surface area contributed by atoms with E-state index in [0.717, 1.165) is 17.1 Å². The summed E-state index contributed by atoms with van der Waals surface area (Å²) in [6.07, 6.45) is 5.02. The average Bonchev–Trinajstić information content (AvgIpc) is 3.23. The summed E-state index contributed by atoms with van der Waals surface area (Å²) in [5.41, 5.74) is 13.6. The molecule has 0 aliphatic carbocycles. The minimum atomic E-state index is 0.636. The molecule has 3 nitrogen and oxygen atoms in total. The fourth-order valence-electron chi connectivity index (χ4n) is 9.53. The van der Waals surface area contributed by atoms with Gasteiger partial charge in [0, 0.05) is 52.6 Å². The fraction of sp³-hybridized carbons (Fsp3) is 0.160. The summed E-state index contributed by atoms with van der Waals surface area (Å²) in [5.74, 6) is 0. The zero-order valence-electron chi connectivity index (χ0n) is 29.9. The van der Waals surface area contributed by atoms with Crippen LogP contribution in [0.25, 0.3) is 33.4 Å². The van der Waals surface area contributed by atoms with Gasteiger partial charge >= 0.3 is 0 Å². The molecule has 0 spiro atoms. The Bertz CT molecular complexity index is 2170. The van der Waals surface area contributed by atoms with Crippen molar-refractivity contribution in [2.75, 3.05) is 14.7 Å². The standard InChI is InChI=1S/C50H43N3/c1-4-10-36(11-5-1)38-16-24-43(25-17-38)51(44-26-18-39(19-27-44)37-12-6-2-7-13-37)45-28-20-40(21-29-45)41-22-30-46(31-23-41)53-49-32-47-33-50(53)35-48(34-49)52(47)42-14-8-3-9-15-42/h1-31,47-50H,32-35H2. The van der Waals surface area contributed by atoms with E-state index in [1.54, 1.807) is 0 Å². The molecule has 0 aromatic heterocycles. The van der Waals surface area contributed by atoms with E-state index in [2.05, 4.69) is 203 Å². The summed E-state index contributed by atoms with van der Waals surface area (Å²) in [5, 5.41) is 0. The maximum Gasteiger partial charge on any atom is 0.0462 e. The smallest absolute Gasteiger partial charge is 0.0462 e. The third-order valence-corrected chi connectivity index (χ3v) is 11.9. The quantitative estimate of drug-likeness (QED) is 0.158. The lowest BCUT2D eigenvalue weighted by atomic mass is 9.72. The molecule has 0 N–H and O–H groups in total. The summed E-state index contributed by atoms with van der Waals surface area (Å²) in [6.45, 7) is 0. The highest BCUT2D eigenvalue weighted by Gasteiger charge is 2.50. The predicted octanol–water partition coefficient (Wildman–Crippen LogP) is 12.5. The molecule has 53 heavy (non-hydrogen) atoms. The lowest BCUT2D eigenvalue weighted by Gasteiger charge is -2.62. The highest BCUT2D eigenvalue weighted by atomic mass is 15.3. The summed E-state index contributed by atoms with van der Waals surface area (Å²) >= 11 is 0. The van der Waals surface area contributed by atoms with Crippen molar-refractivity contribution in [1.82, 2.24) is 0 Å². The van der Waals surface area contributed by atoms with E-state index in [4.69, 9.17) is 0 Å². The molecule has 11 rings (SSSR count). The lowest BCUT2D eigenvalue weighted by molar-refractivity contribution is 0.171. The number of para-hydroxylation sites is 1. The third-order valence-electron chi connectivity index (χ3n) is 11.9. The van der Waals surface area contributed by atoms with Gasteiger partial charge in [-0.2, -0.15) is 0 Å². The summed E-state index contributed by atoms with van der Waals surface area (Å²) in [4.78, 5) is 7.87. The van der Waals surface area contributed by atoms with Crippen molar-refractivity contribution in [2.45, 2.75) is 49.9 Å². The van der Waals surface area contributed by atoms with E-state index >= 15 is 0 Å². The zero-order valence-corrected chi connectivity index (χ0v) is 29.9. The van der Waals surface area contributed by atoms with Crippen LogP contribution in [0.2, 0.25) is 0 Å². The van der Waals surface area contributed by atoms with Gasteiger partial charge in [-0.3, -0.25) is 0 Å². The molecule has 4 aliphatic heterocycles. The first-order valence-corrected chi connectivity index (χ1v) is 19.2. The molecule has 0 saturated carbocycles. The van der Waals surface area contributed by atoms with Crippen molar-refractivity contribution < 1.29 is 0 Å². The topological polar surface area (TPSA) is 9.72 Å². The van der Waals surface area contributed by atoms with Crippen LogP contribution in [0.4, 0.5) is 28.4 Å². The van der Waals surface area contributed by atoms with Crippen LogP contribution in [-0.2, 0) is 0 Å². The van der Waals surface area contributed by atoms with Gasteiger partial charge < -0.3 is 14.7 Å². The number of anilines is 5. The number of hydrogen-bond donors (Lipinski definition) is 0. The first kappa shape index (κ1) is 31.7. The largest absolute Gasteiger partial charge is 0.365 e. The van der Waals surface area contributed by atoms with Gasteiger partial charge in [0.2, 0.25) is 0 Å². The van der Waals surface area contributed by atoms with E-state index in [1.165, 1.54) is 70.4 Å². The number of benzene rings is 7. The first-order chi connectivity index (χ1) is 26.2. The molecule has 0 atom stereocenters. The normalized spacial score (nSPS) is 20.1. The van der Waals surface area contributed by atoms with Crippen molar-refractivity contribution in [3.63, 3.8) is 0 Å². The molecular formula is C50H43N3. The Labute approximate surface area is 313 Å². The van der Waals surface area contributed by atoms with Crippen molar-refractivity contribution in [2.24, 2.45) is 0 Å².